The number of hydrogen-bond acceptors (Lipinski definition) is 4. The maximum atomic E-state index is 13.6. The smallest absolute Gasteiger partial charge is 0.259 e. The zero-order chi connectivity index (χ0) is 18.5. The summed E-state index contributed by atoms with van der Waals surface area (Å²) in [4.78, 5) is 20.2. The monoisotopic (exact) mass is 358 g/mol. The molecule has 0 unspecified atom stereocenters. The molecule has 26 heavy (non-hydrogen) atoms. The van der Waals surface area contributed by atoms with Gasteiger partial charge in [0.05, 0.1) is 29.7 Å². The van der Waals surface area contributed by atoms with E-state index in [2.05, 4.69) is 20.6 Å². The maximum absolute atomic E-state index is 13.6. The Bertz CT molecular complexity index is 918. The zero-order valence-electron chi connectivity index (χ0n) is 13.3. The number of carbonyl (C=O) groups excluding carboxylic acids is 1. The number of hydrogen-bond donors (Lipinski definition) is 2. The van der Waals surface area contributed by atoms with Crippen LogP contribution in [-0.4, -0.2) is 15.9 Å². The average molecular weight is 358 g/mol. The van der Waals surface area contributed by atoms with Crippen LogP contribution in [0.4, 0.5) is 24.7 Å². The molecule has 0 atom stereocenters. The van der Waals surface area contributed by atoms with Gasteiger partial charge in [-0.05, 0) is 36.4 Å². The molecule has 2 heterocycles. The van der Waals surface area contributed by atoms with Gasteiger partial charge in [0, 0.05) is 6.20 Å². The van der Waals surface area contributed by atoms with E-state index in [1.807, 2.05) is 18.2 Å². The average Bonchev–Trinajstić information content (AvgIpc) is 2.66. The first-order valence-electron chi connectivity index (χ1n) is 7.59. The predicted molar refractivity (Wildman–Crippen MR) is 90.1 cm³/mol. The molecule has 132 valence electrons. The summed E-state index contributed by atoms with van der Waals surface area (Å²) in [5.41, 5.74) is 0.925. The van der Waals surface area contributed by atoms with Crippen molar-refractivity contribution in [3.63, 3.8) is 0 Å². The van der Waals surface area contributed by atoms with Crippen molar-refractivity contribution in [1.29, 1.82) is 0 Å². The zero-order valence-corrected chi connectivity index (χ0v) is 13.3. The number of pyridine rings is 2. The Morgan fingerprint density at radius 2 is 1.81 bits per heavy atom. The van der Waals surface area contributed by atoms with Gasteiger partial charge >= 0.3 is 0 Å². The van der Waals surface area contributed by atoms with E-state index in [9.17, 15) is 18.0 Å². The van der Waals surface area contributed by atoms with E-state index in [1.54, 1.807) is 12.3 Å². The Morgan fingerprint density at radius 3 is 2.50 bits per heavy atom. The van der Waals surface area contributed by atoms with E-state index in [0.717, 1.165) is 11.8 Å². The quantitative estimate of drug-likeness (QED) is 0.682. The highest BCUT2D eigenvalue weighted by atomic mass is 19.2. The van der Waals surface area contributed by atoms with Crippen molar-refractivity contribution in [1.82, 2.24) is 9.97 Å². The SMILES string of the molecule is O=C(Nc1ccc(NCc2ccccn2)cn1)c1ccc(F)c(F)c1F. The number of halogens is 3. The second kappa shape index (κ2) is 7.64. The molecule has 0 aliphatic rings. The molecule has 2 aromatic heterocycles. The first kappa shape index (κ1) is 17.4. The molecule has 5 nitrogen and oxygen atoms in total. The molecule has 0 bridgehead atoms. The molecule has 3 aromatic rings. The third-order valence-corrected chi connectivity index (χ3v) is 3.48. The topological polar surface area (TPSA) is 66.9 Å². The third-order valence-electron chi connectivity index (χ3n) is 3.48. The number of benzene rings is 1. The Hall–Kier alpha value is -3.42. The van der Waals surface area contributed by atoms with Crippen LogP contribution in [0.1, 0.15) is 16.1 Å². The number of anilines is 2. The molecule has 0 radical (unpaired) electrons. The van der Waals surface area contributed by atoms with Crippen LogP contribution in [0.5, 0.6) is 0 Å². The first-order chi connectivity index (χ1) is 12.5. The molecule has 2 N–H and O–H groups in total. The molecule has 1 amide bonds. The van der Waals surface area contributed by atoms with Crippen molar-refractivity contribution >= 4 is 17.4 Å². The van der Waals surface area contributed by atoms with E-state index in [4.69, 9.17) is 0 Å². The van der Waals surface area contributed by atoms with Gasteiger partial charge in [-0.25, -0.2) is 18.2 Å². The van der Waals surface area contributed by atoms with Crippen LogP contribution in [0.2, 0.25) is 0 Å². The molecule has 0 saturated heterocycles. The molecule has 0 aliphatic carbocycles. The van der Waals surface area contributed by atoms with Crippen LogP contribution < -0.4 is 10.6 Å². The Morgan fingerprint density at radius 1 is 0.962 bits per heavy atom. The molecule has 0 spiro atoms. The predicted octanol–water partition coefficient (Wildman–Crippen LogP) is 3.76. The largest absolute Gasteiger partial charge is 0.378 e. The fraction of sp³-hybridized carbons (Fsp3) is 0.0556. The van der Waals surface area contributed by atoms with E-state index in [0.29, 0.717) is 18.3 Å². The van der Waals surface area contributed by atoms with E-state index in [1.165, 1.54) is 12.3 Å². The molecular formula is C18H13F3N4O. The summed E-state index contributed by atoms with van der Waals surface area (Å²) in [6, 6.07) is 10.3. The van der Waals surface area contributed by atoms with Crippen LogP contribution in [-0.2, 0) is 6.54 Å². The van der Waals surface area contributed by atoms with E-state index >= 15 is 0 Å². The second-order valence-corrected chi connectivity index (χ2v) is 5.28. The van der Waals surface area contributed by atoms with Gasteiger partial charge in [-0.2, -0.15) is 0 Å². The fourth-order valence-corrected chi connectivity index (χ4v) is 2.15. The van der Waals surface area contributed by atoms with E-state index < -0.39 is 28.9 Å². The van der Waals surface area contributed by atoms with Crippen LogP contribution in [0, 0.1) is 17.5 Å². The molecule has 0 aliphatic heterocycles. The summed E-state index contributed by atoms with van der Waals surface area (Å²) < 4.78 is 39.8. The summed E-state index contributed by atoms with van der Waals surface area (Å²) >= 11 is 0. The van der Waals surface area contributed by atoms with Crippen molar-refractivity contribution in [3.8, 4) is 0 Å². The van der Waals surface area contributed by atoms with Gasteiger partial charge in [-0.3, -0.25) is 9.78 Å². The number of nitrogens with one attached hydrogen (secondary N) is 2. The number of aromatic nitrogens is 2. The van der Waals surface area contributed by atoms with Gasteiger partial charge in [0.15, 0.2) is 17.5 Å². The van der Waals surface area contributed by atoms with Gasteiger partial charge in [-0.15, -0.1) is 0 Å². The van der Waals surface area contributed by atoms with Crippen LogP contribution >= 0.6 is 0 Å². The summed E-state index contributed by atoms with van der Waals surface area (Å²) in [6.45, 7) is 0.494. The number of rotatable bonds is 5. The second-order valence-electron chi connectivity index (χ2n) is 5.28. The summed E-state index contributed by atoms with van der Waals surface area (Å²) in [7, 11) is 0. The Kier molecular flexibility index (Phi) is 5.12. The molecule has 0 saturated carbocycles. The summed E-state index contributed by atoms with van der Waals surface area (Å²) in [5, 5.41) is 5.43. The Balaban J connectivity index is 1.64. The lowest BCUT2D eigenvalue weighted by Crippen LogP contribution is -2.16. The third kappa shape index (κ3) is 3.97. The highest BCUT2D eigenvalue weighted by Crippen LogP contribution is 2.17. The lowest BCUT2D eigenvalue weighted by atomic mass is 10.2. The van der Waals surface area contributed by atoms with Crippen molar-refractivity contribution in [2.24, 2.45) is 0 Å². The Labute approximate surface area is 146 Å². The van der Waals surface area contributed by atoms with Crippen molar-refractivity contribution in [2.75, 3.05) is 10.6 Å². The number of nitrogens with zero attached hydrogens (tertiary/aromatic N) is 2. The highest BCUT2D eigenvalue weighted by Gasteiger charge is 2.19. The number of carbonyl (C=O) groups is 1. The molecule has 3 rings (SSSR count). The fourth-order valence-electron chi connectivity index (χ4n) is 2.15. The standard InChI is InChI=1S/C18H13F3N4O/c19-14-6-5-13(16(20)17(14)21)18(26)25-15-7-4-12(10-24-15)23-9-11-3-1-2-8-22-11/h1-8,10,23H,9H2,(H,24,25,26). The molecule has 1 aromatic carbocycles. The van der Waals surface area contributed by atoms with Gasteiger partial charge < -0.3 is 10.6 Å². The van der Waals surface area contributed by atoms with Crippen molar-refractivity contribution < 1.29 is 18.0 Å². The van der Waals surface area contributed by atoms with Crippen LogP contribution in [0.15, 0.2) is 54.9 Å². The minimum absolute atomic E-state index is 0.141. The number of amides is 1. The summed E-state index contributed by atoms with van der Waals surface area (Å²) in [5.74, 6) is -5.39. The lowest BCUT2D eigenvalue weighted by molar-refractivity contribution is 0.102. The minimum Gasteiger partial charge on any atom is -0.378 e. The van der Waals surface area contributed by atoms with Gasteiger partial charge in [-0.1, -0.05) is 6.07 Å². The highest BCUT2D eigenvalue weighted by molar-refractivity contribution is 6.04. The summed E-state index contributed by atoms with van der Waals surface area (Å²) in [6.07, 6.45) is 3.16. The van der Waals surface area contributed by atoms with E-state index in [-0.39, 0.29) is 5.82 Å². The van der Waals surface area contributed by atoms with Gasteiger partial charge in [0.2, 0.25) is 0 Å². The normalized spacial score (nSPS) is 10.4. The van der Waals surface area contributed by atoms with Gasteiger partial charge in [0.1, 0.15) is 5.82 Å². The first-order valence-corrected chi connectivity index (χ1v) is 7.59. The molecular weight excluding hydrogens is 345 g/mol. The lowest BCUT2D eigenvalue weighted by Gasteiger charge is -2.08. The molecule has 0 fully saturated rings. The van der Waals surface area contributed by atoms with Gasteiger partial charge in [0.25, 0.3) is 5.91 Å². The van der Waals surface area contributed by atoms with Crippen LogP contribution in [0.3, 0.4) is 0 Å². The van der Waals surface area contributed by atoms with Crippen molar-refractivity contribution in [3.05, 3.63) is 83.6 Å². The maximum Gasteiger partial charge on any atom is 0.259 e. The van der Waals surface area contributed by atoms with Crippen molar-refractivity contribution in [2.45, 2.75) is 6.54 Å². The van der Waals surface area contributed by atoms with Crippen LogP contribution in [0.25, 0.3) is 0 Å². The molecule has 8 heteroatoms. The minimum atomic E-state index is -1.69.